The average Bonchev–Trinajstić information content (AvgIpc) is 3.30. The molecule has 2 N–H and O–H groups in total. The lowest BCUT2D eigenvalue weighted by Gasteiger charge is -2.04. The van der Waals surface area contributed by atoms with Gasteiger partial charge < -0.3 is 24.3 Å². The number of amides is 1. The lowest BCUT2D eigenvalue weighted by molar-refractivity contribution is -0.116. The first kappa shape index (κ1) is 20.5. The first-order valence-corrected chi connectivity index (χ1v) is 9.32. The number of carboxylic acids is 1. The minimum Gasteiger partial charge on any atom is -0.497 e. The van der Waals surface area contributed by atoms with E-state index in [1.807, 2.05) is 19.1 Å². The third kappa shape index (κ3) is 4.60. The van der Waals surface area contributed by atoms with E-state index in [2.05, 4.69) is 10.5 Å². The predicted molar refractivity (Wildman–Crippen MR) is 108 cm³/mol. The number of nitrogens with zero attached hydrogens (tertiary/aromatic N) is 2. The van der Waals surface area contributed by atoms with Crippen LogP contribution in [0.15, 0.2) is 41.2 Å². The quantitative estimate of drug-likeness (QED) is 0.571. The first-order valence-electron chi connectivity index (χ1n) is 8.94. The standard InChI is InChI=1S/C20H20ClN3O5/c1-3-24-10-14(20(26)27)15(11-24)22-17(25)9-8-16-18(21)19(23-29-16)12-4-6-13(28-2)7-5-12/h4-7,10-11H,3,8-9H2,1-2H3,(H,22,25)(H,26,27). The van der Waals surface area contributed by atoms with Crippen molar-refractivity contribution in [2.45, 2.75) is 26.3 Å². The van der Waals surface area contributed by atoms with E-state index in [4.69, 9.17) is 20.9 Å². The van der Waals surface area contributed by atoms with Gasteiger partial charge in [0.05, 0.1) is 12.8 Å². The van der Waals surface area contributed by atoms with Crippen molar-refractivity contribution >= 4 is 29.2 Å². The van der Waals surface area contributed by atoms with Crippen molar-refractivity contribution < 1.29 is 24.0 Å². The lowest BCUT2D eigenvalue weighted by atomic mass is 10.1. The van der Waals surface area contributed by atoms with Gasteiger partial charge in [0, 0.05) is 37.3 Å². The van der Waals surface area contributed by atoms with E-state index in [-0.39, 0.29) is 30.0 Å². The molecule has 152 valence electrons. The molecule has 29 heavy (non-hydrogen) atoms. The van der Waals surface area contributed by atoms with Crippen LogP contribution in [-0.4, -0.2) is 33.8 Å². The zero-order chi connectivity index (χ0) is 21.0. The van der Waals surface area contributed by atoms with Gasteiger partial charge in [-0.1, -0.05) is 16.8 Å². The van der Waals surface area contributed by atoms with Crippen molar-refractivity contribution in [1.82, 2.24) is 9.72 Å². The molecule has 9 heteroatoms. The maximum absolute atomic E-state index is 12.3. The van der Waals surface area contributed by atoms with Crippen LogP contribution in [-0.2, 0) is 17.8 Å². The zero-order valence-corrected chi connectivity index (χ0v) is 16.7. The zero-order valence-electron chi connectivity index (χ0n) is 15.9. The van der Waals surface area contributed by atoms with E-state index in [1.54, 1.807) is 30.0 Å². The van der Waals surface area contributed by atoms with E-state index < -0.39 is 5.97 Å². The van der Waals surface area contributed by atoms with Crippen molar-refractivity contribution in [2.75, 3.05) is 12.4 Å². The Labute approximate surface area is 172 Å². The number of halogens is 1. The summed E-state index contributed by atoms with van der Waals surface area (Å²) in [6, 6.07) is 7.20. The van der Waals surface area contributed by atoms with Crippen LogP contribution in [0.3, 0.4) is 0 Å². The summed E-state index contributed by atoms with van der Waals surface area (Å²) >= 11 is 6.36. The third-order valence-electron chi connectivity index (χ3n) is 4.39. The fourth-order valence-corrected chi connectivity index (χ4v) is 3.07. The Hall–Kier alpha value is -3.26. The van der Waals surface area contributed by atoms with Crippen LogP contribution in [0.1, 0.15) is 29.5 Å². The Balaban J connectivity index is 1.66. The second kappa shape index (κ2) is 8.83. The molecular weight excluding hydrogens is 398 g/mol. The lowest BCUT2D eigenvalue weighted by Crippen LogP contribution is -2.14. The number of hydrogen-bond donors (Lipinski definition) is 2. The Bertz CT molecular complexity index is 1020. The number of aryl methyl sites for hydroxylation is 2. The molecule has 0 aliphatic carbocycles. The van der Waals surface area contributed by atoms with Gasteiger partial charge in [-0.3, -0.25) is 4.79 Å². The van der Waals surface area contributed by atoms with Gasteiger partial charge in [0.1, 0.15) is 22.0 Å². The van der Waals surface area contributed by atoms with Crippen LogP contribution in [0.25, 0.3) is 11.3 Å². The number of carboxylic acid groups (broad SMARTS) is 1. The number of aromatic carboxylic acids is 1. The van der Waals surface area contributed by atoms with Crippen LogP contribution in [0, 0.1) is 0 Å². The molecule has 2 aromatic heterocycles. The molecule has 0 saturated heterocycles. The van der Waals surface area contributed by atoms with Crippen molar-refractivity contribution in [3.8, 4) is 17.0 Å². The molecule has 0 unspecified atom stereocenters. The summed E-state index contributed by atoms with van der Waals surface area (Å²) in [5, 5.41) is 16.2. The van der Waals surface area contributed by atoms with Crippen LogP contribution < -0.4 is 10.1 Å². The van der Waals surface area contributed by atoms with E-state index in [1.165, 1.54) is 6.20 Å². The van der Waals surface area contributed by atoms with Gasteiger partial charge in [-0.05, 0) is 31.2 Å². The summed E-state index contributed by atoms with van der Waals surface area (Å²) in [5.74, 6) is -0.352. The predicted octanol–water partition coefficient (Wildman–Crippen LogP) is 4.09. The maximum Gasteiger partial charge on any atom is 0.339 e. The average molecular weight is 418 g/mol. The van der Waals surface area contributed by atoms with E-state index in [0.717, 1.165) is 5.56 Å². The molecule has 0 atom stereocenters. The number of benzene rings is 1. The molecule has 0 aliphatic heterocycles. The minimum absolute atomic E-state index is 0.0414. The first-order chi connectivity index (χ1) is 13.9. The SMILES string of the molecule is CCn1cc(NC(=O)CCc2onc(-c3ccc(OC)cc3)c2Cl)c(C(=O)O)c1. The van der Waals surface area contributed by atoms with Gasteiger partial charge in [0.25, 0.3) is 0 Å². The number of rotatable bonds is 8. The van der Waals surface area contributed by atoms with Crippen LogP contribution in [0.5, 0.6) is 5.75 Å². The maximum atomic E-state index is 12.3. The normalized spacial score (nSPS) is 10.7. The number of anilines is 1. The molecule has 0 aliphatic rings. The van der Waals surface area contributed by atoms with E-state index >= 15 is 0 Å². The Morgan fingerprint density at radius 1 is 1.28 bits per heavy atom. The molecule has 0 bridgehead atoms. The van der Waals surface area contributed by atoms with Crippen LogP contribution >= 0.6 is 11.6 Å². The largest absolute Gasteiger partial charge is 0.497 e. The van der Waals surface area contributed by atoms with Gasteiger partial charge >= 0.3 is 5.97 Å². The summed E-state index contributed by atoms with van der Waals surface area (Å²) in [6.45, 7) is 2.47. The molecule has 1 aromatic carbocycles. The highest BCUT2D eigenvalue weighted by atomic mass is 35.5. The van der Waals surface area contributed by atoms with Gasteiger partial charge in [-0.25, -0.2) is 4.79 Å². The molecule has 0 spiro atoms. The van der Waals surface area contributed by atoms with Crippen molar-refractivity contribution in [3.05, 3.63) is 53.0 Å². The van der Waals surface area contributed by atoms with Crippen LogP contribution in [0.2, 0.25) is 5.02 Å². The van der Waals surface area contributed by atoms with Crippen molar-refractivity contribution in [3.63, 3.8) is 0 Å². The third-order valence-corrected chi connectivity index (χ3v) is 4.78. The number of ether oxygens (including phenoxy) is 1. The number of carbonyl (C=O) groups is 2. The second-order valence-corrected chi connectivity index (χ2v) is 6.64. The highest BCUT2D eigenvalue weighted by Gasteiger charge is 2.19. The number of aromatic nitrogens is 2. The second-order valence-electron chi connectivity index (χ2n) is 6.27. The molecule has 0 fully saturated rings. The van der Waals surface area contributed by atoms with E-state index in [0.29, 0.717) is 28.8 Å². The van der Waals surface area contributed by atoms with Crippen molar-refractivity contribution in [2.24, 2.45) is 0 Å². The molecule has 1 amide bonds. The fourth-order valence-electron chi connectivity index (χ4n) is 2.80. The Morgan fingerprint density at radius 3 is 2.62 bits per heavy atom. The Kier molecular flexibility index (Phi) is 6.23. The fraction of sp³-hybridized carbons (Fsp3) is 0.250. The summed E-state index contributed by atoms with van der Waals surface area (Å²) in [5.41, 5.74) is 1.55. The number of methoxy groups -OCH3 is 1. The van der Waals surface area contributed by atoms with Gasteiger partial charge in [0.2, 0.25) is 5.91 Å². The molecule has 3 aromatic rings. The van der Waals surface area contributed by atoms with Gasteiger partial charge in [0.15, 0.2) is 5.76 Å². The Morgan fingerprint density at radius 2 is 2.00 bits per heavy atom. The highest BCUT2D eigenvalue weighted by molar-refractivity contribution is 6.33. The topological polar surface area (TPSA) is 107 Å². The summed E-state index contributed by atoms with van der Waals surface area (Å²) < 4.78 is 12.1. The van der Waals surface area contributed by atoms with Gasteiger partial charge in [-0.2, -0.15) is 0 Å². The number of carbonyl (C=O) groups excluding carboxylic acids is 1. The number of nitrogens with one attached hydrogen (secondary N) is 1. The number of hydrogen-bond acceptors (Lipinski definition) is 5. The van der Waals surface area contributed by atoms with E-state index in [9.17, 15) is 14.7 Å². The summed E-state index contributed by atoms with van der Waals surface area (Å²) in [4.78, 5) is 23.6. The molecule has 0 radical (unpaired) electrons. The molecule has 0 saturated carbocycles. The monoisotopic (exact) mass is 417 g/mol. The molecule has 3 rings (SSSR count). The molecule has 8 nitrogen and oxygen atoms in total. The molecule has 2 heterocycles. The van der Waals surface area contributed by atoms with Crippen LogP contribution in [0.4, 0.5) is 5.69 Å². The minimum atomic E-state index is -1.10. The van der Waals surface area contributed by atoms with Crippen molar-refractivity contribution in [1.29, 1.82) is 0 Å². The van der Waals surface area contributed by atoms with Gasteiger partial charge in [-0.15, -0.1) is 0 Å². The summed E-state index contributed by atoms with van der Waals surface area (Å²) in [6.07, 6.45) is 3.36. The smallest absolute Gasteiger partial charge is 0.339 e. The highest BCUT2D eigenvalue weighted by Crippen LogP contribution is 2.31. The molecular formula is C20H20ClN3O5. The summed E-state index contributed by atoms with van der Waals surface area (Å²) in [7, 11) is 1.58.